The summed E-state index contributed by atoms with van der Waals surface area (Å²) in [6.45, 7) is 16.3. The lowest BCUT2D eigenvalue weighted by atomic mass is 9.90. The monoisotopic (exact) mass is 299 g/mol. The lowest BCUT2D eigenvalue weighted by Crippen LogP contribution is -2.52. The van der Waals surface area contributed by atoms with Crippen LogP contribution in [0.15, 0.2) is 0 Å². The van der Waals surface area contributed by atoms with Gasteiger partial charge in [-0.15, -0.1) is 0 Å². The molecule has 1 heterocycles. The average Bonchev–Trinajstić information content (AvgIpc) is 2.48. The molecule has 1 fully saturated rings. The van der Waals surface area contributed by atoms with E-state index in [1.807, 2.05) is 0 Å². The summed E-state index contributed by atoms with van der Waals surface area (Å²) in [5, 5.41) is 13.4. The third kappa shape index (κ3) is 6.64. The third-order valence-electron chi connectivity index (χ3n) is 4.71. The quantitative estimate of drug-likeness (QED) is 0.646. The van der Waals surface area contributed by atoms with Gasteiger partial charge in [-0.3, -0.25) is 0 Å². The highest BCUT2D eigenvalue weighted by atomic mass is 16.3. The normalized spacial score (nSPS) is 20.9. The van der Waals surface area contributed by atoms with Crippen LogP contribution >= 0.6 is 0 Å². The number of nitrogens with one attached hydrogen (secondary N) is 1. The van der Waals surface area contributed by atoms with E-state index in [9.17, 15) is 5.11 Å². The molecular formula is C17H37N3O. The summed E-state index contributed by atoms with van der Waals surface area (Å²) in [7, 11) is 0. The standard InChI is InChI=1S/C17H37N3O/c1-5-9-19-11-13-20(14-12-19)10-7-8-17(6-2,15-21)18-16(3)4/h16,18,21H,5-15H2,1-4H3. The zero-order chi connectivity index (χ0) is 15.7. The number of aliphatic hydroxyl groups excluding tert-OH is 1. The molecule has 1 rings (SSSR count). The van der Waals surface area contributed by atoms with Crippen LogP contribution in [0.25, 0.3) is 0 Å². The van der Waals surface area contributed by atoms with Crippen LogP contribution < -0.4 is 5.32 Å². The van der Waals surface area contributed by atoms with Crippen molar-refractivity contribution in [1.29, 1.82) is 0 Å². The first-order valence-electron chi connectivity index (χ1n) is 8.88. The summed E-state index contributed by atoms with van der Waals surface area (Å²) in [5.41, 5.74) is -0.0851. The first kappa shape index (κ1) is 18.9. The van der Waals surface area contributed by atoms with Crippen LogP contribution in [0.5, 0.6) is 0 Å². The number of hydrogen-bond acceptors (Lipinski definition) is 4. The van der Waals surface area contributed by atoms with Crippen LogP contribution in [0, 0.1) is 0 Å². The highest BCUT2D eigenvalue weighted by molar-refractivity contribution is 4.88. The van der Waals surface area contributed by atoms with Crippen molar-refractivity contribution in [1.82, 2.24) is 15.1 Å². The average molecular weight is 300 g/mol. The number of rotatable bonds is 10. The summed E-state index contributed by atoms with van der Waals surface area (Å²) in [5.74, 6) is 0. The van der Waals surface area contributed by atoms with Crippen molar-refractivity contribution < 1.29 is 5.11 Å². The van der Waals surface area contributed by atoms with Crippen molar-refractivity contribution in [2.75, 3.05) is 45.9 Å². The van der Waals surface area contributed by atoms with Crippen molar-refractivity contribution in [3.8, 4) is 0 Å². The van der Waals surface area contributed by atoms with Crippen LogP contribution in [-0.4, -0.2) is 72.4 Å². The molecule has 0 radical (unpaired) electrons. The molecule has 1 aliphatic heterocycles. The Balaban J connectivity index is 2.28. The lowest BCUT2D eigenvalue weighted by molar-refractivity contribution is 0.111. The Morgan fingerprint density at radius 2 is 1.62 bits per heavy atom. The Labute approximate surface area is 131 Å². The number of hydrogen-bond donors (Lipinski definition) is 2. The minimum absolute atomic E-state index is 0.0851. The predicted octanol–water partition coefficient (Wildman–Crippen LogP) is 1.93. The number of nitrogens with zero attached hydrogens (tertiary/aromatic N) is 2. The molecule has 0 spiro atoms. The first-order chi connectivity index (χ1) is 10.0. The second-order valence-electron chi connectivity index (χ2n) is 6.88. The molecule has 0 saturated carbocycles. The molecule has 1 atom stereocenters. The second kappa shape index (κ2) is 9.78. The first-order valence-corrected chi connectivity index (χ1v) is 8.88. The van der Waals surface area contributed by atoms with Crippen molar-refractivity contribution in [3.05, 3.63) is 0 Å². The maximum Gasteiger partial charge on any atom is 0.0613 e. The fraction of sp³-hybridized carbons (Fsp3) is 1.00. The van der Waals surface area contributed by atoms with Gasteiger partial charge in [0.15, 0.2) is 0 Å². The van der Waals surface area contributed by atoms with E-state index in [2.05, 4.69) is 42.8 Å². The largest absolute Gasteiger partial charge is 0.394 e. The van der Waals surface area contributed by atoms with Gasteiger partial charge in [0.25, 0.3) is 0 Å². The molecule has 0 aromatic carbocycles. The van der Waals surface area contributed by atoms with Crippen molar-refractivity contribution in [3.63, 3.8) is 0 Å². The molecule has 1 saturated heterocycles. The van der Waals surface area contributed by atoms with Crippen LogP contribution in [0.3, 0.4) is 0 Å². The fourth-order valence-electron chi connectivity index (χ4n) is 3.39. The van der Waals surface area contributed by atoms with E-state index in [0.29, 0.717) is 6.04 Å². The molecular weight excluding hydrogens is 262 g/mol. The number of aliphatic hydroxyl groups is 1. The molecule has 0 aliphatic carbocycles. The summed E-state index contributed by atoms with van der Waals surface area (Å²) in [4.78, 5) is 5.15. The lowest BCUT2D eigenvalue weighted by Gasteiger charge is -2.37. The van der Waals surface area contributed by atoms with Crippen molar-refractivity contribution >= 4 is 0 Å². The smallest absolute Gasteiger partial charge is 0.0613 e. The van der Waals surface area contributed by atoms with Gasteiger partial charge in [0.1, 0.15) is 0 Å². The molecule has 1 unspecified atom stereocenters. The molecule has 0 aromatic rings. The van der Waals surface area contributed by atoms with Crippen molar-refractivity contribution in [2.45, 2.75) is 65.0 Å². The predicted molar refractivity (Wildman–Crippen MR) is 90.8 cm³/mol. The topological polar surface area (TPSA) is 38.7 Å². The maximum absolute atomic E-state index is 9.77. The molecule has 21 heavy (non-hydrogen) atoms. The molecule has 1 aliphatic rings. The van der Waals surface area contributed by atoms with Gasteiger partial charge < -0.3 is 20.2 Å². The molecule has 0 aromatic heterocycles. The van der Waals surface area contributed by atoms with E-state index < -0.39 is 0 Å². The zero-order valence-corrected chi connectivity index (χ0v) is 14.7. The van der Waals surface area contributed by atoms with Gasteiger partial charge in [-0.2, -0.15) is 0 Å². The highest BCUT2D eigenvalue weighted by Crippen LogP contribution is 2.18. The summed E-state index contributed by atoms with van der Waals surface area (Å²) >= 11 is 0. The van der Waals surface area contributed by atoms with E-state index >= 15 is 0 Å². The second-order valence-corrected chi connectivity index (χ2v) is 6.88. The molecule has 4 heteroatoms. The van der Waals surface area contributed by atoms with Gasteiger partial charge in [0.2, 0.25) is 0 Å². The Morgan fingerprint density at radius 1 is 1.05 bits per heavy atom. The van der Waals surface area contributed by atoms with E-state index in [0.717, 1.165) is 12.8 Å². The van der Waals surface area contributed by atoms with Crippen molar-refractivity contribution in [2.24, 2.45) is 0 Å². The minimum Gasteiger partial charge on any atom is -0.394 e. The molecule has 0 amide bonds. The van der Waals surface area contributed by atoms with Gasteiger partial charge in [0, 0.05) is 37.8 Å². The van der Waals surface area contributed by atoms with Crippen LogP contribution in [0.4, 0.5) is 0 Å². The van der Waals surface area contributed by atoms with E-state index in [1.54, 1.807) is 0 Å². The summed E-state index contributed by atoms with van der Waals surface area (Å²) in [6.07, 6.45) is 4.48. The molecule has 4 nitrogen and oxygen atoms in total. The fourth-order valence-corrected chi connectivity index (χ4v) is 3.39. The Hall–Kier alpha value is -0.160. The Morgan fingerprint density at radius 3 is 2.05 bits per heavy atom. The summed E-state index contributed by atoms with van der Waals surface area (Å²) in [6, 6.07) is 0.426. The maximum atomic E-state index is 9.77. The highest BCUT2D eigenvalue weighted by Gasteiger charge is 2.27. The Bertz CT molecular complexity index is 259. The van der Waals surface area contributed by atoms with Gasteiger partial charge in [-0.05, 0) is 38.8 Å². The third-order valence-corrected chi connectivity index (χ3v) is 4.71. The van der Waals surface area contributed by atoms with Gasteiger partial charge in [-0.1, -0.05) is 27.7 Å². The molecule has 2 N–H and O–H groups in total. The van der Waals surface area contributed by atoms with E-state index in [-0.39, 0.29) is 12.1 Å². The molecule has 0 bridgehead atoms. The van der Waals surface area contributed by atoms with E-state index in [4.69, 9.17) is 0 Å². The van der Waals surface area contributed by atoms with Gasteiger partial charge >= 0.3 is 0 Å². The van der Waals surface area contributed by atoms with Crippen LogP contribution in [-0.2, 0) is 0 Å². The van der Waals surface area contributed by atoms with Gasteiger partial charge in [-0.25, -0.2) is 0 Å². The SMILES string of the molecule is CCCN1CCN(CCCC(CC)(CO)NC(C)C)CC1. The zero-order valence-electron chi connectivity index (χ0n) is 14.7. The minimum atomic E-state index is -0.0851. The van der Waals surface area contributed by atoms with Gasteiger partial charge in [0.05, 0.1) is 6.61 Å². The molecule has 126 valence electrons. The summed E-state index contributed by atoms with van der Waals surface area (Å²) < 4.78 is 0. The van der Waals surface area contributed by atoms with Crippen LogP contribution in [0.2, 0.25) is 0 Å². The van der Waals surface area contributed by atoms with Crippen LogP contribution in [0.1, 0.15) is 53.4 Å². The van der Waals surface area contributed by atoms with E-state index in [1.165, 1.54) is 52.1 Å². The number of piperazine rings is 1. The Kier molecular flexibility index (Phi) is 8.79.